The van der Waals surface area contributed by atoms with Crippen molar-refractivity contribution >= 4 is 29.3 Å². The first-order chi connectivity index (χ1) is 12.0. The summed E-state index contributed by atoms with van der Waals surface area (Å²) in [6.45, 7) is 2.02. The number of urea groups is 1. The summed E-state index contributed by atoms with van der Waals surface area (Å²) in [5.74, 6) is -0.972. The molecule has 0 aliphatic carbocycles. The number of rotatable bonds is 5. The smallest absolute Gasteiger partial charge is 0.339 e. The Bertz CT molecular complexity index is 771. The molecule has 2 aromatic rings. The summed E-state index contributed by atoms with van der Waals surface area (Å²) >= 11 is 0. The maximum atomic E-state index is 12.1. The van der Waals surface area contributed by atoms with Crippen LogP contribution in [0.25, 0.3) is 0 Å². The minimum absolute atomic E-state index is 0.248. The first kappa shape index (κ1) is 18.0. The zero-order valence-electron chi connectivity index (χ0n) is 13.9. The third-order valence-corrected chi connectivity index (χ3v) is 3.23. The summed E-state index contributed by atoms with van der Waals surface area (Å²) in [5.41, 5.74) is 1.46. The van der Waals surface area contributed by atoms with E-state index in [1.807, 2.05) is 0 Å². The van der Waals surface area contributed by atoms with Crippen LogP contribution in [0.3, 0.4) is 0 Å². The summed E-state index contributed by atoms with van der Waals surface area (Å²) in [7, 11) is 1.27. The molecule has 2 aromatic carbocycles. The van der Waals surface area contributed by atoms with Crippen molar-refractivity contribution < 1.29 is 23.9 Å². The third kappa shape index (κ3) is 4.81. The van der Waals surface area contributed by atoms with Gasteiger partial charge in [0, 0.05) is 5.69 Å². The second-order valence-corrected chi connectivity index (χ2v) is 4.91. The molecule has 2 amide bonds. The van der Waals surface area contributed by atoms with Crippen LogP contribution < -0.4 is 10.6 Å². The zero-order valence-corrected chi connectivity index (χ0v) is 13.9. The van der Waals surface area contributed by atoms with Gasteiger partial charge in [0.2, 0.25) is 0 Å². The largest absolute Gasteiger partial charge is 0.465 e. The molecule has 25 heavy (non-hydrogen) atoms. The van der Waals surface area contributed by atoms with Crippen molar-refractivity contribution in [2.24, 2.45) is 0 Å². The normalized spacial score (nSPS) is 9.84. The van der Waals surface area contributed by atoms with Gasteiger partial charge in [-0.1, -0.05) is 12.1 Å². The zero-order chi connectivity index (χ0) is 18.2. The first-order valence-electron chi connectivity index (χ1n) is 7.57. The number of hydrogen-bond acceptors (Lipinski definition) is 5. The maximum absolute atomic E-state index is 12.1. The van der Waals surface area contributed by atoms with Gasteiger partial charge in [0.05, 0.1) is 30.5 Å². The Morgan fingerprint density at radius 2 is 1.60 bits per heavy atom. The molecule has 0 spiro atoms. The second-order valence-electron chi connectivity index (χ2n) is 4.91. The summed E-state index contributed by atoms with van der Waals surface area (Å²) in [4.78, 5) is 35.4. The van der Waals surface area contributed by atoms with E-state index in [1.165, 1.54) is 7.11 Å². The van der Waals surface area contributed by atoms with Crippen molar-refractivity contribution in [3.63, 3.8) is 0 Å². The standard InChI is InChI=1S/C18H18N2O5/c1-3-25-16(21)12-8-10-13(11-9-12)19-18(23)20-15-7-5-4-6-14(15)17(22)24-2/h4-11H,3H2,1-2H3,(H2,19,20,23). The number of para-hydroxylation sites is 1. The highest BCUT2D eigenvalue weighted by atomic mass is 16.5. The van der Waals surface area contributed by atoms with Gasteiger partial charge in [-0.25, -0.2) is 14.4 Å². The molecule has 0 heterocycles. The number of methoxy groups -OCH3 is 1. The number of carbonyl (C=O) groups excluding carboxylic acids is 3. The minimum Gasteiger partial charge on any atom is -0.465 e. The van der Waals surface area contributed by atoms with Crippen LogP contribution in [0.5, 0.6) is 0 Å². The van der Waals surface area contributed by atoms with E-state index in [-0.39, 0.29) is 5.56 Å². The lowest BCUT2D eigenvalue weighted by molar-refractivity contribution is 0.0525. The molecular formula is C18H18N2O5. The lowest BCUT2D eigenvalue weighted by atomic mass is 10.2. The molecule has 0 fully saturated rings. The molecule has 7 nitrogen and oxygen atoms in total. The van der Waals surface area contributed by atoms with Crippen molar-refractivity contribution in [3.8, 4) is 0 Å². The predicted octanol–water partition coefficient (Wildman–Crippen LogP) is 3.29. The van der Waals surface area contributed by atoms with Crippen LogP contribution in [-0.2, 0) is 9.47 Å². The average Bonchev–Trinajstić information content (AvgIpc) is 2.62. The number of carbonyl (C=O) groups is 3. The van der Waals surface area contributed by atoms with Crippen molar-refractivity contribution in [2.45, 2.75) is 6.92 Å². The van der Waals surface area contributed by atoms with Crippen LogP contribution in [0.2, 0.25) is 0 Å². The molecule has 0 bridgehead atoms. The predicted molar refractivity (Wildman–Crippen MR) is 92.8 cm³/mol. The highest BCUT2D eigenvalue weighted by molar-refractivity contribution is 6.05. The molecule has 0 aliphatic rings. The van der Waals surface area contributed by atoms with Gasteiger partial charge in [0.1, 0.15) is 0 Å². The molecular weight excluding hydrogens is 324 g/mol. The summed E-state index contributed by atoms with van der Waals surface area (Å²) in [5, 5.41) is 5.21. The molecule has 0 saturated carbocycles. The summed E-state index contributed by atoms with van der Waals surface area (Å²) in [6, 6.07) is 12.2. The van der Waals surface area contributed by atoms with Gasteiger partial charge >= 0.3 is 18.0 Å². The van der Waals surface area contributed by atoms with E-state index >= 15 is 0 Å². The Labute approximate surface area is 144 Å². The lowest BCUT2D eigenvalue weighted by Gasteiger charge is -2.11. The van der Waals surface area contributed by atoms with Crippen LogP contribution in [0, 0.1) is 0 Å². The van der Waals surface area contributed by atoms with Gasteiger partial charge in [-0.2, -0.15) is 0 Å². The number of ether oxygens (including phenoxy) is 2. The molecule has 0 aliphatic heterocycles. The minimum atomic E-state index is -0.547. The highest BCUT2D eigenvalue weighted by Gasteiger charge is 2.13. The van der Waals surface area contributed by atoms with E-state index < -0.39 is 18.0 Å². The van der Waals surface area contributed by atoms with Gasteiger partial charge in [-0.15, -0.1) is 0 Å². The molecule has 0 saturated heterocycles. The SMILES string of the molecule is CCOC(=O)c1ccc(NC(=O)Nc2ccccc2C(=O)OC)cc1. The van der Waals surface area contributed by atoms with Gasteiger partial charge < -0.3 is 20.1 Å². The number of esters is 2. The number of anilines is 2. The van der Waals surface area contributed by atoms with Gasteiger partial charge in [-0.3, -0.25) is 0 Å². The van der Waals surface area contributed by atoms with Crippen molar-refractivity contribution in [2.75, 3.05) is 24.4 Å². The fourth-order valence-corrected chi connectivity index (χ4v) is 2.07. The first-order valence-corrected chi connectivity index (χ1v) is 7.57. The molecule has 2 N–H and O–H groups in total. The third-order valence-electron chi connectivity index (χ3n) is 3.23. The monoisotopic (exact) mass is 342 g/mol. The van der Waals surface area contributed by atoms with Crippen LogP contribution in [0.4, 0.5) is 16.2 Å². The van der Waals surface area contributed by atoms with E-state index in [0.717, 1.165) is 0 Å². The van der Waals surface area contributed by atoms with Gasteiger partial charge in [0.25, 0.3) is 0 Å². The van der Waals surface area contributed by atoms with Crippen molar-refractivity contribution in [1.29, 1.82) is 0 Å². The van der Waals surface area contributed by atoms with Crippen molar-refractivity contribution in [1.82, 2.24) is 0 Å². The quantitative estimate of drug-likeness (QED) is 0.813. The summed E-state index contributed by atoms with van der Waals surface area (Å²) in [6.07, 6.45) is 0. The van der Waals surface area contributed by atoms with Crippen LogP contribution in [-0.4, -0.2) is 31.7 Å². The fourth-order valence-electron chi connectivity index (χ4n) is 2.07. The topological polar surface area (TPSA) is 93.7 Å². The Morgan fingerprint density at radius 1 is 0.920 bits per heavy atom. The number of benzene rings is 2. The van der Waals surface area contributed by atoms with E-state index in [1.54, 1.807) is 55.5 Å². The second kappa shape index (κ2) is 8.49. The molecule has 0 unspecified atom stereocenters. The molecule has 130 valence electrons. The number of amides is 2. The Balaban J connectivity index is 2.04. The summed E-state index contributed by atoms with van der Waals surface area (Å²) < 4.78 is 9.57. The number of hydrogen-bond donors (Lipinski definition) is 2. The van der Waals surface area contributed by atoms with Crippen LogP contribution >= 0.6 is 0 Å². The van der Waals surface area contributed by atoms with Crippen LogP contribution in [0.15, 0.2) is 48.5 Å². The molecule has 0 atom stereocenters. The van der Waals surface area contributed by atoms with E-state index in [0.29, 0.717) is 23.5 Å². The Kier molecular flexibility index (Phi) is 6.11. The Morgan fingerprint density at radius 3 is 2.24 bits per heavy atom. The highest BCUT2D eigenvalue weighted by Crippen LogP contribution is 2.17. The molecule has 0 radical (unpaired) electrons. The number of nitrogens with one attached hydrogen (secondary N) is 2. The molecule has 7 heteroatoms. The van der Waals surface area contributed by atoms with E-state index in [4.69, 9.17) is 4.74 Å². The van der Waals surface area contributed by atoms with Crippen LogP contribution in [0.1, 0.15) is 27.6 Å². The lowest BCUT2D eigenvalue weighted by Crippen LogP contribution is -2.21. The maximum Gasteiger partial charge on any atom is 0.339 e. The molecule has 0 aromatic heterocycles. The van der Waals surface area contributed by atoms with E-state index in [2.05, 4.69) is 15.4 Å². The fraction of sp³-hybridized carbons (Fsp3) is 0.167. The van der Waals surface area contributed by atoms with Gasteiger partial charge in [0.15, 0.2) is 0 Å². The average molecular weight is 342 g/mol. The molecule has 2 rings (SSSR count). The Hall–Kier alpha value is -3.35. The van der Waals surface area contributed by atoms with Gasteiger partial charge in [-0.05, 0) is 43.3 Å². The van der Waals surface area contributed by atoms with E-state index in [9.17, 15) is 14.4 Å². The van der Waals surface area contributed by atoms with Crippen molar-refractivity contribution in [3.05, 3.63) is 59.7 Å².